The first-order chi connectivity index (χ1) is 12.9. The van der Waals surface area contributed by atoms with Gasteiger partial charge in [0, 0.05) is 0 Å². The van der Waals surface area contributed by atoms with Gasteiger partial charge in [0.15, 0.2) is 0 Å². The van der Waals surface area contributed by atoms with Crippen LogP contribution in [0, 0.1) is 0 Å². The summed E-state index contributed by atoms with van der Waals surface area (Å²) in [6.07, 6.45) is 0.791. The first-order valence-electron chi connectivity index (χ1n) is 7.64. The molecule has 1 aromatic carbocycles. The smallest absolute Gasteiger partial charge is 0.439 e. The second-order valence-corrected chi connectivity index (χ2v) is 8.92. The van der Waals surface area contributed by atoms with Crippen molar-refractivity contribution in [3.63, 3.8) is 0 Å². The zero-order chi connectivity index (χ0) is 22.9. The van der Waals surface area contributed by atoms with Gasteiger partial charge in [-0.3, -0.25) is 4.55 Å². The van der Waals surface area contributed by atoms with Crippen LogP contribution in [0.25, 0.3) is 0 Å². The Balaban J connectivity index is 2.96. The van der Waals surface area contributed by atoms with Crippen molar-refractivity contribution in [2.75, 3.05) is 6.79 Å². The molecule has 29 heavy (non-hydrogen) atoms. The Hall–Kier alpha value is -1.58. The van der Waals surface area contributed by atoms with E-state index in [4.69, 9.17) is 4.55 Å². The van der Waals surface area contributed by atoms with Crippen molar-refractivity contribution in [2.24, 2.45) is 0 Å². The van der Waals surface area contributed by atoms with E-state index in [0.717, 1.165) is 12.0 Å². The lowest BCUT2D eigenvalue weighted by Crippen LogP contribution is -2.60. The van der Waals surface area contributed by atoms with Gasteiger partial charge in [0.25, 0.3) is 0 Å². The minimum absolute atomic E-state index is 0.120. The van der Waals surface area contributed by atoms with Gasteiger partial charge in [0.2, 0.25) is 6.79 Å². The molecule has 1 N–H and O–H groups in total. The highest BCUT2D eigenvalue weighted by atomic mass is 32.2. The molecule has 0 saturated carbocycles. The van der Waals surface area contributed by atoms with Gasteiger partial charge in [0.1, 0.15) is 5.75 Å². The van der Waals surface area contributed by atoms with Gasteiger partial charge < -0.3 is 4.74 Å². The van der Waals surface area contributed by atoms with Crippen LogP contribution < -0.4 is 4.74 Å². The van der Waals surface area contributed by atoms with Crippen molar-refractivity contribution in [1.82, 2.24) is 0 Å². The molecule has 0 aliphatic carbocycles. The van der Waals surface area contributed by atoms with Crippen LogP contribution in [0.3, 0.4) is 0 Å². The predicted octanol–water partition coefficient (Wildman–Crippen LogP) is 3.59. The van der Waals surface area contributed by atoms with Crippen LogP contribution in [0.15, 0.2) is 24.3 Å². The zero-order valence-electron chi connectivity index (χ0n) is 14.8. The maximum Gasteiger partial charge on any atom is 0.439 e. The second-order valence-electron chi connectivity index (χ2n) is 5.80. The summed E-state index contributed by atoms with van der Waals surface area (Å²) in [4.78, 5) is 0. The van der Waals surface area contributed by atoms with Gasteiger partial charge in [0.05, 0.1) is 0 Å². The quantitative estimate of drug-likeness (QED) is 0.239. The molecular weight excluding hydrogens is 458 g/mol. The van der Waals surface area contributed by atoms with E-state index in [-0.39, 0.29) is 11.7 Å². The van der Waals surface area contributed by atoms with Crippen molar-refractivity contribution in [3.05, 3.63) is 29.8 Å². The first-order valence-corrected chi connectivity index (χ1v) is 10.5. The van der Waals surface area contributed by atoms with E-state index >= 15 is 0 Å². The average molecular weight is 474 g/mol. The Labute approximate surface area is 162 Å². The van der Waals surface area contributed by atoms with E-state index in [2.05, 4.69) is 8.92 Å². The van der Waals surface area contributed by atoms with Crippen molar-refractivity contribution >= 4 is 20.2 Å². The number of rotatable bonds is 10. The highest BCUT2D eigenvalue weighted by Crippen LogP contribution is 2.50. The van der Waals surface area contributed by atoms with E-state index in [1.807, 2.05) is 13.8 Å². The fourth-order valence-electron chi connectivity index (χ4n) is 1.85. The average Bonchev–Trinajstić information content (AvgIpc) is 2.60. The van der Waals surface area contributed by atoms with Crippen LogP contribution in [0.1, 0.15) is 31.7 Å². The molecule has 1 unspecified atom stereocenters. The highest BCUT2D eigenvalue weighted by molar-refractivity contribution is 7.88. The fraction of sp³-hybridized carbons (Fsp3) is 0.571. The van der Waals surface area contributed by atoms with Crippen molar-refractivity contribution in [3.8, 4) is 5.75 Å². The lowest BCUT2D eigenvalue weighted by atomic mass is 9.99. The summed E-state index contributed by atoms with van der Waals surface area (Å²) in [7, 11) is -13.9. The third-order valence-corrected chi connectivity index (χ3v) is 6.05. The SMILES string of the molecule is CCC(C)c1ccc(OCOS(=O)(=O)C(F)(F)C(F)(F)C(F)(F)S(=O)(=O)O)cc1. The van der Waals surface area contributed by atoms with Gasteiger partial charge in [-0.15, -0.1) is 0 Å². The molecule has 0 aromatic heterocycles. The van der Waals surface area contributed by atoms with Crippen molar-refractivity contribution < 1.29 is 56.7 Å². The molecule has 1 rings (SSSR count). The van der Waals surface area contributed by atoms with Crippen LogP contribution in [-0.4, -0.2) is 44.6 Å². The molecule has 0 bridgehead atoms. The van der Waals surface area contributed by atoms with Gasteiger partial charge in [-0.2, -0.15) is 43.2 Å². The molecule has 0 fully saturated rings. The number of benzene rings is 1. The van der Waals surface area contributed by atoms with Crippen LogP contribution in [0.5, 0.6) is 5.75 Å². The minimum Gasteiger partial charge on any atom is -0.466 e. The number of hydrogen-bond acceptors (Lipinski definition) is 6. The van der Waals surface area contributed by atoms with Crippen molar-refractivity contribution in [2.45, 2.75) is 42.6 Å². The van der Waals surface area contributed by atoms with E-state index in [9.17, 15) is 43.2 Å². The zero-order valence-corrected chi connectivity index (χ0v) is 16.4. The Morgan fingerprint density at radius 2 is 1.45 bits per heavy atom. The maximum atomic E-state index is 13.5. The fourth-order valence-corrected chi connectivity index (χ4v) is 3.13. The highest BCUT2D eigenvalue weighted by Gasteiger charge is 2.82. The largest absolute Gasteiger partial charge is 0.466 e. The summed E-state index contributed by atoms with van der Waals surface area (Å²) in [6.45, 7) is 2.21. The van der Waals surface area contributed by atoms with Gasteiger partial charge in [-0.25, -0.2) is 4.18 Å². The third kappa shape index (κ3) is 4.78. The number of alkyl halides is 6. The Kier molecular flexibility index (Phi) is 7.26. The maximum absolute atomic E-state index is 13.5. The summed E-state index contributed by atoms with van der Waals surface area (Å²) >= 11 is 0. The number of ether oxygens (including phenoxy) is 1. The van der Waals surface area contributed by atoms with Crippen molar-refractivity contribution in [1.29, 1.82) is 0 Å². The molecule has 0 heterocycles. The molecule has 1 aromatic rings. The van der Waals surface area contributed by atoms with E-state index in [1.165, 1.54) is 12.1 Å². The van der Waals surface area contributed by atoms with Crippen LogP contribution in [0.2, 0.25) is 0 Å². The second kappa shape index (κ2) is 8.28. The molecule has 0 spiro atoms. The van der Waals surface area contributed by atoms with Crippen LogP contribution in [0.4, 0.5) is 26.3 Å². The monoisotopic (exact) mass is 474 g/mol. The van der Waals surface area contributed by atoms with E-state index in [0.29, 0.717) is 0 Å². The number of hydrogen-bond donors (Lipinski definition) is 1. The number of halogens is 6. The topological polar surface area (TPSA) is 107 Å². The normalized spacial score (nSPS) is 15.2. The standard InChI is InChI=1S/C14H16F6O7S2/c1-3-9(2)10-4-6-11(7-5-10)26-8-27-29(24,25)14(19,20)12(15,16)13(17,18)28(21,22)23/h4-7,9H,3,8H2,1-2H3,(H,21,22,23). The van der Waals surface area contributed by atoms with E-state index < -0.39 is 43.5 Å². The summed E-state index contributed by atoms with van der Waals surface area (Å²) in [6, 6.07) is 5.67. The van der Waals surface area contributed by atoms with Gasteiger partial charge in [-0.1, -0.05) is 26.0 Å². The molecule has 15 heteroatoms. The Bertz CT molecular complexity index is 914. The lowest BCUT2D eigenvalue weighted by Gasteiger charge is -2.29. The molecule has 0 amide bonds. The molecule has 0 saturated heterocycles. The molecule has 0 aliphatic rings. The first kappa shape index (κ1) is 25.5. The molecule has 0 aliphatic heterocycles. The van der Waals surface area contributed by atoms with Crippen LogP contribution >= 0.6 is 0 Å². The summed E-state index contributed by atoms with van der Waals surface area (Å²) in [5, 5.41) is -13.6. The minimum atomic E-state index is -7.10. The Morgan fingerprint density at radius 3 is 1.86 bits per heavy atom. The van der Waals surface area contributed by atoms with Gasteiger partial charge >= 0.3 is 36.7 Å². The van der Waals surface area contributed by atoms with Crippen LogP contribution in [-0.2, 0) is 24.4 Å². The molecule has 1 atom stereocenters. The summed E-state index contributed by atoms with van der Waals surface area (Å²) in [5.41, 5.74) is 0.854. The molecule has 168 valence electrons. The summed E-state index contributed by atoms with van der Waals surface area (Å²) < 4.78 is 139. The molecule has 7 nitrogen and oxygen atoms in total. The third-order valence-electron chi connectivity index (χ3n) is 3.86. The lowest BCUT2D eigenvalue weighted by molar-refractivity contribution is -0.248. The summed E-state index contributed by atoms with van der Waals surface area (Å²) in [5.74, 6) is -7.03. The molecular formula is C14H16F6O7S2. The Morgan fingerprint density at radius 1 is 0.966 bits per heavy atom. The van der Waals surface area contributed by atoms with E-state index in [1.54, 1.807) is 12.1 Å². The van der Waals surface area contributed by atoms with Gasteiger partial charge in [-0.05, 0) is 30.0 Å². The molecule has 0 radical (unpaired) electrons. The predicted molar refractivity (Wildman–Crippen MR) is 87.0 cm³/mol.